The van der Waals surface area contributed by atoms with Crippen LogP contribution in [-0.2, 0) is 16.0 Å². The Morgan fingerprint density at radius 2 is 2.15 bits per heavy atom. The number of hydrogen-bond acceptors (Lipinski definition) is 5. The SMILES string of the molecule is CCNC(=NCc1cc(C(C)C)no1)NCCCOCC1CCOCC1. The quantitative estimate of drug-likeness (QED) is 0.376. The maximum atomic E-state index is 5.79. The fourth-order valence-electron chi connectivity index (χ4n) is 2.72. The van der Waals surface area contributed by atoms with E-state index in [0.717, 1.165) is 76.2 Å². The van der Waals surface area contributed by atoms with Crippen molar-refractivity contribution in [3.8, 4) is 0 Å². The van der Waals surface area contributed by atoms with Crippen molar-refractivity contribution in [3.05, 3.63) is 17.5 Å². The molecule has 0 bridgehead atoms. The van der Waals surface area contributed by atoms with Crippen molar-refractivity contribution in [1.29, 1.82) is 0 Å². The molecule has 1 saturated heterocycles. The average molecular weight is 367 g/mol. The molecule has 1 aliphatic rings. The third-order valence-electron chi connectivity index (χ3n) is 4.36. The molecule has 26 heavy (non-hydrogen) atoms. The molecule has 0 aromatic carbocycles. The second-order valence-corrected chi connectivity index (χ2v) is 6.98. The second-order valence-electron chi connectivity index (χ2n) is 6.98. The topological polar surface area (TPSA) is 80.9 Å². The summed E-state index contributed by atoms with van der Waals surface area (Å²) < 4.78 is 16.5. The number of aromatic nitrogens is 1. The predicted octanol–water partition coefficient (Wildman–Crippen LogP) is 2.69. The van der Waals surface area contributed by atoms with E-state index in [4.69, 9.17) is 14.0 Å². The Balaban J connectivity index is 1.63. The van der Waals surface area contributed by atoms with Gasteiger partial charge in [-0.05, 0) is 38.0 Å². The van der Waals surface area contributed by atoms with Crippen molar-refractivity contribution in [1.82, 2.24) is 15.8 Å². The van der Waals surface area contributed by atoms with Crippen molar-refractivity contribution < 1.29 is 14.0 Å². The van der Waals surface area contributed by atoms with E-state index in [1.54, 1.807) is 0 Å². The maximum absolute atomic E-state index is 5.79. The van der Waals surface area contributed by atoms with Gasteiger partial charge in [-0.2, -0.15) is 0 Å². The number of guanidine groups is 1. The zero-order valence-electron chi connectivity index (χ0n) is 16.4. The molecule has 2 rings (SSSR count). The summed E-state index contributed by atoms with van der Waals surface area (Å²) in [5, 5.41) is 10.6. The highest BCUT2D eigenvalue weighted by molar-refractivity contribution is 5.79. The van der Waals surface area contributed by atoms with E-state index in [-0.39, 0.29) is 0 Å². The van der Waals surface area contributed by atoms with E-state index in [9.17, 15) is 0 Å². The van der Waals surface area contributed by atoms with E-state index in [1.807, 2.05) is 6.07 Å². The van der Waals surface area contributed by atoms with Gasteiger partial charge in [0.05, 0.1) is 5.69 Å². The molecule has 0 radical (unpaired) electrons. The first-order valence-corrected chi connectivity index (χ1v) is 9.82. The predicted molar refractivity (Wildman–Crippen MR) is 102 cm³/mol. The van der Waals surface area contributed by atoms with Gasteiger partial charge in [0.1, 0.15) is 6.54 Å². The van der Waals surface area contributed by atoms with Crippen molar-refractivity contribution >= 4 is 5.96 Å². The molecule has 0 atom stereocenters. The van der Waals surface area contributed by atoms with Gasteiger partial charge in [0.15, 0.2) is 11.7 Å². The standard InChI is InChI=1S/C19H34N4O3/c1-4-20-19(22-13-17-12-18(15(2)3)23-26-17)21-8-5-9-25-14-16-6-10-24-11-7-16/h12,15-16H,4-11,13-14H2,1-3H3,(H2,20,21,22). The molecular formula is C19H34N4O3. The third kappa shape index (κ3) is 7.74. The van der Waals surface area contributed by atoms with Crippen LogP contribution in [0.2, 0.25) is 0 Å². The summed E-state index contributed by atoms with van der Waals surface area (Å²) >= 11 is 0. The molecule has 7 nitrogen and oxygen atoms in total. The molecule has 0 saturated carbocycles. The largest absolute Gasteiger partial charge is 0.381 e. The molecule has 7 heteroatoms. The molecule has 1 fully saturated rings. The molecule has 2 N–H and O–H groups in total. The molecule has 1 aromatic heterocycles. The molecule has 1 aromatic rings. The molecule has 0 spiro atoms. The Bertz CT molecular complexity index is 525. The molecule has 0 unspecified atom stereocenters. The first-order chi connectivity index (χ1) is 12.7. The summed E-state index contributed by atoms with van der Waals surface area (Å²) in [6.45, 7) is 11.7. The van der Waals surface area contributed by atoms with Crippen LogP contribution >= 0.6 is 0 Å². The van der Waals surface area contributed by atoms with E-state index < -0.39 is 0 Å². The zero-order valence-corrected chi connectivity index (χ0v) is 16.4. The van der Waals surface area contributed by atoms with Crippen molar-refractivity contribution in [2.24, 2.45) is 10.9 Å². The zero-order chi connectivity index (χ0) is 18.6. The monoisotopic (exact) mass is 366 g/mol. The van der Waals surface area contributed by atoms with Gasteiger partial charge in [0.2, 0.25) is 0 Å². The lowest BCUT2D eigenvalue weighted by atomic mass is 10.0. The van der Waals surface area contributed by atoms with Crippen LogP contribution in [0.1, 0.15) is 57.4 Å². The van der Waals surface area contributed by atoms with Crippen LogP contribution < -0.4 is 10.6 Å². The Hall–Kier alpha value is -1.60. The Labute approximate surface area is 156 Å². The maximum Gasteiger partial charge on any atom is 0.191 e. The minimum absolute atomic E-state index is 0.365. The molecule has 0 amide bonds. The van der Waals surface area contributed by atoms with Gasteiger partial charge >= 0.3 is 0 Å². The molecule has 148 valence electrons. The lowest BCUT2D eigenvalue weighted by molar-refractivity contribution is 0.0203. The average Bonchev–Trinajstić information content (AvgIpc) is 3.12. The smallest absolute Gasteiger partial charge is 0.191 e. The van der Waals surface area contributed by atoms with Gasteiger partial charge in [-0.3, -0.25) is 0 Å². The van der Waals surface area contributed by atoms with Crippen molar-refractivity contribution in [2.45, 2.75) is 52.5 Å². The van der Waals surface area contributed by atoms with Crippen LogP contribution in [0, 0.1) is 5.92 Å². The summed E-state index contributed by atoms with van der Waals surface area (Å²) in [7, 11) is 0. The van der Waals surface area contributed by atoms with Crippen LogP contribution in [0.15, 0.2) is 15.6 Å². The first-order valence-electron chi connectivity index (χ1n) is 9.82. The van der Waals surface area contributed by atoms with Crippen LogP contribution in [0.5, 0.6) is 0 Å². The summed E-state index contributed by atoms with van der Waals surface area (Å²) in [6.07, 6.45) is 3.19. The molecule has 0 aliphatic carbocycles. The fraction of sp³-hybridized carbons (Fsp3) is 0.789. The molecule has 1 aliphatic heterocycles. The van der Waals surface area contributed by atoms with E-state index in [2.05, 4.69) is 41.6 Å². The van der Waals surface area contributed by atoms with E-state index >= 15 is 0 Å². The van der Waals surface area contributed by atoms with Gasteiger partial charge in [-0.15, -0.1) is 0 Å². The lowest BCUT2D eigenvalue weighted by Gasteiger charge is -2.21. The number of ether oxygens (including phenoxy) is 2. The highest BCUT2D eigenvalue weighted by Crippen LogP contribution is 2.15. The molecular weight excluding hydrogens is 332 g/mol. The minimum Gasteiger partial charge on any atom is -0.381 e. The number of rotatable bonds is 10. The van der Waals surface area contributed by atoms with Gasteiger partial charge < -0.3 is 24.6 Å². The summed E-state index contributed by atoms with van der Waals surface area (Å²) in [4.78, 5) is 4.55. The van der Waals surface area contributed by atoms with Gasteiger partial charge in [-0.1, -0.05) is 19.0 Å². The van der Waals surface area contributed by atoms with Gasteiger partial charge in [0, 0.05) is 45.6 Å². The fourth-order valence-corrected chi connectivity index (χ4v) is 2.72. The van der Waals surface area contributed by atoms with E-state index in [1.165, 1.54) is 0 Å². The number of nitrogens with zero attached hydrogens (tertiary/aromatic N) is 2. The minimum atomic E-state index is 0.365. The van der Waals surface area contributed by atoms with Crippen LogP contribution in [0.3, 0.4) is 0 Å². The van der Waals surface area contributed by atoms with Crippen molar-refractivity contribution in [3.63, 3.8) is 0 Å². The Kier molecular flexibility index (Phi) is 9.48. The van der Waals surface area contributed by atoms with Crippen LogP contribution in [0.4, 0.5) is 0 Å². The highest BCUT2D eigenvalue weighted by Gasteiger charge is 2.13. The Morgan fingerprint density at radius 1 is 1.35 bits per heavy atom. The molecule has 2 heterocycles. The van der Waals surface area contributed by atoms with Gasteiger partial charge in [0.25, 0.3) is 0 Å². The lowest BCUT2D eigenvalue weighted by Crippen LogP contribution is -2.38. The summed E-state index contributed by atoms with van der Waals surface area (Å²) in [6, 6.07) is 1.97. The summed E-state index contributed by atoms with van der Waals surface area (Å²) in [5.41, 5.74) is 0.967. The van der Waals surface area contributed by atoms with Crippen LogP contribution in [-0.4, -0.2) is 50.6 Å². The third-order valence-corrected chi connectivity index (χ3v) is 4.36. The number of hydrogen-bond donors (Lipinski definition) is 2. The van der Waals surface area contributed by atoms with Crippen LogP contribution in [0.25, 0.3) is 0 Å². The van der Waals surface area contributed by atoms with E-state index in [0.29, 0.717) is 18.4 Å². The number of aliphatic imine (C=N–C) groups is 1. The second kappa shape index (κ2) is 11.9. The highest BCUT2D eigenvalue weighted by atomic mass is 16.5. The normalized spacial score (nSPS) is 16.2. The van der Waals surface area contributed by atoms with Gasteiger partial charge in [-0.25, -0.2) is 4.99 Å². The Morgan fingerprint density at radius 3 is 2.85 bits per heavy atom. The van der Waals surface area contributed by atoms with Crippen molar-refractivity contribution in [2.75, 3.05) is 39.5 Å². The summed E-state index contributed by atoms with van der Waals surface area (Å²) in [5.74, 6) is 2.60. The number of nitrogens with one attached hydrogen (secondary N) is 2. The first kappa shape index (κ1) is 20.7.